The third-order valence-electron chi connectivity index (χ3n) is 3.64. The van der Waals surface area contributed by atoms with Crippen molar-refractivity contribution in [3.63, 3.8) is 0 Å². The first-order valence-corrected chi connectivity index (χ1v) is 8.03. The van der Waals surface area contributed by atoms with Gasteiger partial charge in [0, 0.05) is 6.54 Å². The van der Waals surface area contributed by atoms with Crippen LogP contribution in [0.5, 0.6) is 5.75 Å². The summed E-state index contributed by atoms with van der Waals surface area (Å²) in [6.45, 7) is 0.968. The summed E-state index contributed by atoms with van der Waals surface area (Å²) in [5.41, 5.74) is 1.52. The van der Waals surface area contributed by atoms with Crippen LogP contribution in [0.2, 0.25) is 5.02 Å². The van der Waals surface area contributed by atoms with Gasteiger partial charge in [0.2, 0.25) is 11.8 Å². The van der Waals surface area contributed by atoms with E-state index in [0.29, 0.717) is 35.5 Å². The van der Waals surface area contributed by atoms with E-state index >= 15 is 0 Å². The molecular formula is C18H17ClFN3O2. The molecule has 0 saturated carbocycles. The van der Waals surface area contributed by atoms with E-state index in [4.69, 9.17) is 20.8 Å². The summed E-state index contributed by atoms with van der Waals surface area (Å²) in [6, 6.07) is 12.2. The molecule has 0 N–H and O–H groups in total. The van der Waals surface area contributed by atoms with E-state index in [-0.39, 0.29) is 11.6 Å². The number of ether oxygens (including phenoxy) is 1. The first kappa shape index (κ1) is 17.4. The van der Waals surface area contributed by atoms with Gasteiger partial charge in [-0.25, -0.2) is 4.39 Å². The third kappa shape index (κ3) is 4.15. The second kappa shape index (κ2) is 7.63. The molecule has 0 amide bonds. The molecule has 0 aliphatic rings. The molecule has 0 saturated heterocycles. The fourth-order valence-corrected chi connectivity index (χ4v) is 2.68. The monoisotopic (exact) mass is 361 g/mol. The molecule has 0 bridgehead atoms. The molecule has 0 fully saturated rings. The lowest BCUT2D eigenvalue weighted by molar-refractivity contribution is 0.282. The predicted octanol–water partition coefficient (Wildman–Crippen LogP) is 4.17. The Morgan fingerprint density at radius 1 is 1.16 bits per heavy atom. The number of nitrogens with zero attached hydrogens (tertiary/aromatic N) is 3. The Balaban J connectivity index is 1.67. The molecule has 0 aliphatic heterocycles. The molecule has 1 aromatic heterocycles. The third-order valence-corrected chi connectivity index (χ3v) is 3.97. The van der Waals surface area contributed by atoms with E-state index in [1.165, 1.54) is 13.2 Å². The van der Waals surface area contributed by atoms with Gasteiger partial charge in [0.15, 0.2) is 11.6 Å². The molecule has 130 valence electrons. The maximum absolute atomic E-state index is 13.8. The van der Waals surface area contributed by atoms with Gasteiger partial charge in [0.25, 0.3) is 0 Å². The molecule has 3 rings (SSSR count). The van der Waals surface area contributed by atoms with Crippen LogP contribution in [0.3, 0.4) is 0 Å². The van der Waals surface area contributed by atoms with Gasteiger partial charge in [-0.05, 0) is 36.9 Å². The van der Waals surface area contributed by atoms with Crippen molar-refractivity contribution < 1.29 is 13.5 Å². The van der Waals surface area contributed by atoms with Gasteiger partial charge in [-0.15, -0.1) is 10.2 Å². The lowest BCUT2D eigenvalue weighted by Gasteiger charge is -2.14. The van der Waals surface area contributed by atoms with Crippen molar-refractivity contribution in [2.24, 2.45) is 0 Å². The first-order chi connectivity index (χ1) is 12.1. The van der Waals surface area contributed by atoms with Crippen LogP contribution in [-0.4, -0.2) is 29.3 Å². The lowest BCUT2D eigenvalue weighted by Crippen LogP contribution is -2.17. The van der Waals surface area contributed by atoms with Crippen molar-refractivity contribution in [2.45, 2.75) is 13.1 Å². The zero-order valence-electron chi connectivity index (χ0n) is 13.9. The summed E-state index contributed by atoms with van der Waals surface area (Å²) >= 11 is 6.14. The smallest absolute Gasteiger partial charge is 0.249 e. The number of halogens is 2. The Kier molecular flexibility index (Phi) is 5.31. The van der Waals surface area contributed by atoms with Crippen LogP contribution in [0.1, 0.15) is 11.5 Å². The van der Waals surface area contributed by atoms with Crippen molar-refractivity contribution in [1.29, 1.82) is 0 Å². The van der Waals surface area contributed by atoms with E-state index in [0.717, 1.165) is 5.56 Å². The molecule has 1 heterocycles. The van der Waals surface area contributed by atoms with Gasteiger partial charge in [-0.2, -0.15) is 0 Å². The number of benzene rings is 2. The van der Waals surface area contributed by atoms with Gasteiger partial charge in [0.05, 0.1) is 24.2 Å². The highest BCUT2D eigenvalue weighted by molar-refractivity contribution is 6.33. The minimum Gasteiger partial charge on any atom is -0.494 e. The van der Waals surface area contributed by atoms with Gasteiger partial charge in [0.1, 0.15) is 0 Å². The van der Waals surface area contributed by atoms with Crippen LogP contribution in [-0.2, 0) is 13.1 Å². The number of hydrogen-bond acceptors (Lipinski definition) is 5. The first-order valence-electron chi connectivity index (χ1n) is 7.65. The molecule has 2 aromatic carbocycles. The van der Waals surface area contributed by atoms with Crippen LogP contribution >= 0.6 is 11.6 Å². The highest BCUT2D eigenvalue weighted by Crippen LogP contribution is 2.26. The van der Waals surface area contributed by atoms with E-state index in [2.05, 4.69) is 10.2 Å². The second-order valence-corrected chi connectivity index (χ2v) is 6.03. The predicted molar refractivity (Wildman–Crippen MR) is 92.9 cm³/mol. The van der Waals surface area contributed by atoms with Crippen LogP contribution < -0.4 is 4.74 Å². The molecular weight excluding hydrogens is 345 g/mol. The highest BCUT2D eigenvalue weighted by atomic mass is 35.5. The summed E-state index contributed by atoms with van der Waals surface area (Å²) < 4.78 is 24.4. The van der Waals surface area contributed by atoms with Crippen LogP contribution in [0.25, 0.3) is 11.5 Å². The zero-order valence-corrected chi connectivity index (χ0v) is 14.6. The Bertz CT molecular complexity index is 869. The lowest BCUT2D eigenvalue weighted by atomic mass is 10.2. The Morgan fingerprint density at radius 2 is 1.96 bits per heavy atom. The standard InChI is InChI=1S/C18H17ClFN3O2/c1-23(10-12-7-8-16(24-2)15(20)9-12)11-17-21-22-18(25-17)13-5-3-4-6-14(13)19/h3-9H,10-11H2,1-2H3. The fraction of sp³-hybridized carbons (Fsp3) is 0.222. The second-order valence-electron chi connectivity index (χ2n) is 5.62. The average Bonchev–Trinajstić information content (AvgIpc) is 3.03. The minimum absolute atomic E-state index is 0.229. The van der Waals surface area contributed by atoms with Crippen molar-refractivity contribution in [3.8, 4) is 17.2 Å². The molecule has 0 radical (unpaired) electrons. The Morgan fingerprint density at radius 3 is 2.68 bits per heavy atom. The van der Waals surface area contributed by atoms with E-state index in [1.54, 1.807) is 12.1 Å². The minimum atomic E-state index is -0.382. The van der Waals surface area contributed by atoms with E-state index in [9.17, 15) is 4.39 Å². The fourth-order valence-electron chi connectivity index (χ4n) is 2.47. The quantitative estimate of drug-likeness (QED) is 0.659. The topological polar surface area (TPSA) is 51.4 Å². The van der Waals surface area contributed by atoms with Gasteiger partial charge < -0.3 is 9.15 Å². The molecule has 0 aliphatic carbocycles. The molecule has 3 aromatic rings. The molecule has 25 heavy (non-hydrogen) atoms. The van der Waals surface area contributed by atoms with Crippen LogP contribution in [0, 0.1) is 5.82 Å². The number of aromatic nitrogens is 2. The summed E-state index contributed by atoms with van der Waals surface area (Å²) in [7, 11) is 3.33. The molecule has 0 atom stereocenters. The highest BCUT2D eigenvalue weighted by Gasteiger charge is 2.13. The Labute approximate surface area is 150 Å². The number of rotatable bonds is 6. The van der Waals surface area contributed by atoms with Crippen molar-refractivity contribution in [2.75, 3.05) is 14.2 Å². The SMILES string of the molecule is COc1ccc(CN(C)Cc2nnc(-c3ccccc3Cl)o2)cc1F. The summed E-state index contributed by atoms with van der Waals surface area (Å²) in [6.07, 6.45) is 0. The van der Waals surface area contributed by atoms with E-state index < -0.39 is 0 Å². The summed E-state index contributed by atoms with van der Waals surface area (Å²) in [5, 5.41) is 8.64. The van der Waals surface area contributed by atoms with Crippen molar-refractivity contribution >= 4 is 11.6 Å². The molecule has 5 nitrogen and oxygen atoms in total. The number of hydrogen-bond donors (Lipinski definition) is 0. The molecule has 7 heteroatoms. The maximum atomic E-state index is 13.8. The maximum Gasteiger partial charge on any atom is 0.249 e. The van der Waals surface area contributed by atoms with Crippen molar-refractivity contribution in [3.05, 3.63) is 64.8 Å². The average molecular weight is 362 g/mol. The molecule has 0 spiro atoms. The Hall–Kier alpha value is -2.44. The van der Waals surface area contributed by atoms with Gasteiger partial charge >= 0.3 is 0 Å². The van der Waals surface area contributed by atoms with E-state index in [1.807, 2.05) is 36.2 Å². The zero-order chi connectivity index (χ0) is 17.8. The largest absolute Gasteiger partial charge is 0.494 e. The van der Waals surface area contributed by atoms with Gasteiger partial charge in [-0.3, -0.25) is 4.90 Å². The van der Waals surface area contributed by atoms with Crippen LogP contribution in [0.15, 0.2) is 46.9 Å². The summed E-state index contributed by atoms with van der Waals surface area (Å²) in [4.78, 5) is 1.95. The normalized spacial score (nSPS) is 11.1. The van der Waals surface area contributed by atoms with Crippen LogP contribution in [0.4, 0.5) is 4.39 Å². The van der Waals surface area contributed by atoms with Crippen molar-refractivity contribution in [1.82, 2.24) is 15.1 Å². The van der Waals surface area contributed by atoms with Gasteiger partial charge in [-0.1, -0.05) is 29.8 Å². The number of methoxy groups -OCH3 is 1. The summed E-state index contributed by atoms with van der Waals surface area (Å²) in [5.74, 6) is 0.691. The molecule has 0 unspecified atom stereocenters.